The van der Waals surface area contributed by atoms with Crippen LogP contribution in [0.2, 0.25) is 0 Å². The maximum atomic E-state index is 6.86. The highest BCUT2D eigenvalue weighted by molar-refractivity contribution is 5.57. The van der Waals surface area contributed by atoms with Crippen LogP contribution in [0.15, 0.2) is 48.5 Å². The van der Waals surface area contributed by atoms with E-state index in [1.54, 1.807) is 0 Å². The van der Waals surface area contributed by atoms with Gasteiger partial charge in [-0.25, -0.2) is 0 Å². The highest BCUT2D eigenvalue weighted by Crippen LogP contribution is 2.56. The Labute approximate surface area is 180 Å². The molecule has 2 aromatic rings. The summed E-state index contributed by atoms with van der Waals surface area (Å²) in [5.74, 6) is 0.555. The topological polar surface area (TPSA) is 9.23 Å². The van der Waals surface area contributed by atoms with Crippen LogP contribution in [-0.2, 0) is 10.3 Å². The Morgan fingerprint density at radius 3 is 2.15 bits per heavy atom. The molecular formula is C24H30INO. The molecule has 0 unspecified atom stereocenters. The van der Waals surface area contributed by atoms with Crippen molar-refractivity contribution in [3.8, 4) is 0 Å². The Bertz CT molecular complexity index is 764. The fourth-order valence-corrected chi connectivity index (χ4v) is 5.75. The number of halogens is 1. The molecule has 0 aromatic heterocycles. The van der Waals surface area contributed by atoms with Gasteiger partial charge in [0.2, 0.25) is 0 Å². The number of likely N-dealkylation sites (tertiary alicyclic amines) is 1. The number of hydrogen-bond donors (Lipinski definition) is 0. The first kappa shape index (κ1) is 19.4. The van der Waals surface area contributed by atoms with Crippen LogP contribution in [0, 0.1) is 0 Å². The Kier molecular flexibility index (Phi) is 5.38. The first-order chi connectivity index (χ1) is 12.7. The molecule has 0 atom stereocenters. The van der Waals surface area contributed by atoms with Crippen LogP contribution >= 0.6 is 0 Å². The average Bonchev–Trinajstić information content (AvgIpc) is 2.69. The van der Waals surface area contributed by atoms with Crippen LogP contribution < -0.4 is 24.0 Å². The summed E-state index contributed by atoms with van der Waals surface area (Å²) < 4.78 is 8.05. The van der Waals surface area contributed by atoms with Gasteiger partial charge in [0.1, 0.15) is 12.1 Å². The van der Waals surface area contributed by atoms with Gasteiger partial charge in [-0.3, -0.25) is 0 Å². The summed E-state index contributed by atoms with van der Waals surface area (Å²) in [6, 6.07) is 18.0. The van der Waals surface area contributed by atoms with Gasteiger partial charge in [-0.05, 0) is 54.4 Å². The minimum Gasteiger partial charge on any atom is -1.00 e. The molecular weight excluding hydrogens is 445 g/mol. The third kappa shape index (κ3) is 3.16. The number of fused-ring (bicyclic) bond motifs is 1. The molecule has 3 heteroatoms. The molecule has 1 aliphatic heterocycles. The SMILES string of the molecule is C[N+]1(CCOC23CCC(c4ccccc42)c2ccccc23)CCCCC1.[I-]. The number of hydrogen-bond acceptors (Lipinski definition) is 1. The molecule has 3 aliphatic carbocycles. The zero-order valence-corrected chi connectivity index (χ0v) is 18.5. The Hall–Kier alpha value is -0.910. The van der Waals surface area contributed by atoms with Crippen LogP contribution in [0.1, 0.15) is 60.3 Å². The van der Waals surface area contributed by atoms with Crippen LogP contribution in [0.5, 0.6) is 0 Å². The Morgan fingerprint density at radius 1 is 0.926 bits per heavy atom. The first-order valence-electron chi connectivity index (χ1n) is 10.4. The lowest BCUT2D eigenvalue weighted by Gasteiger charge is -2.49. The molecule has 0 saturated carbocycles. The molecule has 1 saturated heterocycles. The van der Waals surface area contributed by atoms with Gasteiger partial charge in [0.05, 0.1) is 26.7 Å². The maximum Gasteiger partial charge on any atom is 0.119 e. The summed E-state index contributed by atoms with van der Waals surface area (Å²) in [5, 5.41) is 0. The van der Waals surface area contributed by atoms with Crippen LogP contribution in [-0.4, -0.2) is 37.8 Å². The summed E-state index contributed by atoms with van der Waals surface area (Å²) in [6.07, 6.45) is 6.47. The average molecular weight is 475 g/mol. The van der Waals surface area contributed by atoms with Crippen LogP contribution in [0.25, 0.3) is 0 Å². The van der Waals surface area contributed by atoms with Gasteiger partial charge >= 0.3 is 0 Å². The van der Waals surface area contributed by atoms with Crippen molar-refractivity contribution in [2.24, 2.45) is 0 Å². The molecule has 4 aliphatic rings. The molecule has 144 valence electrons. The first-order valence-corrected chi connectivity index (χ1v) is 10.4. The van der Waals surface area contributed by atoms with Crippen molar-refractivity contribution in [2.75, 3.05) is 33.3 Å². The molecule has 2 aromatic carbocycles. The minimum atomic E-state index is -0.225. The molecule has 0 N–H and O–H groups in total. The summed E-state index contributed by atoms with van der Waals surface area (Å²) in [4.78, 5) is 0. The largest absolute Gasteiger partial charge is 1.00 e. The highest BCUT2D eigenvalue weighted by atomic mass is 127. The number of benzene rings is 2. The van der Waals surface area contributed by atoms with Gasteiger partial charge in [0.25, 0.3) is 0 Å². The summed E-state index contributed by atoms with van der Waals surface area (Å²) in [6.45, 7) is 4.61. The van der Waals surface area contributed by atoms with Gasteiger partial charge in [-0.2, -0.15) is 0 Å². The van der Waals surface area contributed by atoms with Crippen molar-refractivity contribution in [3.63, 3.8) is 0 Å². The van der Waals surface area contributed by atoms with Gasteiger partial charge in [-0.1, -0.05) is 48.5 Å². The quantitative estimate of drug-likeness (QED) is 0.485. The second kappa shape index (κ2) is 7.49. The van der Waals surface area contributed by atoms with Gasteiger partial charge in [0, 0.05) is 5.92 Å². The molecule has 0 amide bonds. The number of rotatable bonds is 4. The number of likely N-dealkylation sites (N-methyl/N-ethyl adjacent to an activating group) is 1. The van der Waals surface area contributed by atoms with Crippen molar-refractivity contribution in [1.82, 2.24) is 0 Å². The predicted molar refractivity (Wildman–Crippen MR) is 105 cm³/mol. The highest BCUT2D eigenvalue weighted by Gasteiger charge is 2.49. The summed E-state index contributed by atoms with van der Waals surface area (Å²) >= 11 is 0. The lowest BCUT2D eigenvalue weighted by Crippen LogP contribution is -3.00. The van der Waals surface area contributed by atoms with E-state index >= 15 is 0 Å². The van der Waals surface area contributed by atoms with E-state index in [1.165, 1.54) is 65.5 Å². The van der Waals surface area contributed by atoms with E-state index in [0.717, 1.165) is 19.6 Å². The molecule has 2 nitrogen and oxygen atoms in total. The van der Waals surface area contributed by atoms with Crippen molar-refractivity contribution >= 4 is 0 Å². The molecule has 6 rings (SSSR count). The standard InChI is InChI=1S/C24H30NO.HI/c1-25(15-7-2-8-16-25)17-18-26-24-14-13-19(20-9-3-5-11-22(20)24)21-10-4-6-12-23(21)24;/h3-6,9-12,19H,2,7-8,13-18H2,1H3;1H/q+1;/p-1. The van der Waals surface area contributed by atoms with E-state index < -0.39 is 0 Å². The van der Waals surface area contributed by atoms with E-state index in [0.29, 0.717) is 5.92 Å². The van der Waals surface area contributed by atoms with Crippen molar-refractivity contribution in [2.45, 2.75) is 43.6 Å². The van der Waals surface area contributed by atoms with Crippen LogP contribution in [0.4, 0.5) is 0 Å². The van der Waals surface area contributed by atoms with Crippen LogP contribution in [0.3, 0.4) is 0 Å². The third-order valence-corrected chi connectivity index (χ3v) is 7.20. The van der Waals surface area contributed by atoms with Crippen molar-refractivity contribution in [3.05, 3.63) is 70.8 Å². The minimum absolute atomic E-state index is 0. The monoisotopic (exact) mass is 475 g/mol. The summed E-state index contributed by atoms with van der Waals surface area (Å²) in [5.41, 5.74) is 5.62. The summed E-state index contributed by atoms with van der Waals surface area (Å²) in [7, 11) is 2.42. The van der Waals surface area contributed by atoms with E-state index in [-0.39, 0.29) is 29.6 Å². The molecule has 27 heavy (non-hydrogen) atoms. The normalized spacial score (nSPS) is 27.4. The van der Waals surface area contributed by atoms with E-state index in [4.69, 9.17) is 4.74 Å². The number of quaternary nitrogens is 1. The second-order valence-electron chi connectivity index (χ2n) is 8.79. The van der Waals surface area contributed by atoms with E-state index in [2.05, 4.69) is 55.6 Å². The lowest BCUT2D eigenvalue weighted by atomic mass is 9.61. The van der Waals surface area contributed by atoms with E-state index in [9.17, 15) is 0 Å². The zero-order valence-electron chi connectivity index (χ0n) is 16.3. The third-order valence-electron chi connectivity index (χ3n) is 7.20. The second-order valence-corrected chi connectivity index (χ2v) is 8.79. The predicted octanol–water partition coefficient (Wildman–Crippen LogP) is 1.82. The molecule has 0 radical (unpaired) electrons. The van der Waals surface area contributed by atoms with Gasteiger partial charge < -0.3 is 33.2 Å². The fraction of sp³-hybridized carbons (Fsp3) is 0.500. The zero-order chi connectivity index (χ0) is 17.6. The van der Waals surface area contributed by atoms with Gasteiger partial charge in [0.15, 0.2) is 0 Å². The lowest BCUT2D eigenvalue weighted by molar-refractivity contribution is -0.914. The molecule has 1 fully saturated rings. The molecule has 2 bridgehead atoms. The van der Waals surface area contributed by atoms with Crippen molar-refractivity contribution < 1.29 is 33.2 Å². The maximum absolute atomic E-state index is 6.86. The fourth-order valence-electron chi connectivity index (χ4n) is 5.75. The number of ether oxygens (including phenoxy) is 1. The molecule has 0 spiro atoms. The number of piperidine rings is 1. The molecule has 1 heterocycles. The smallest absolute Gasteiger partial charge is 0.119 e. The van der Waals surface area contributed by atoms with E-state index in [1.807, 2.05) is 0 Å². The Morgan fingerprint density at radius 2 is 1.52 bits per heavy atom. The Balaban J connectivity index is 0.00000180. The van der Waals surface area contributed by atoms with Gasteiger partial charge in [-0.15, -0.1) is 0 Å². The van der Waals surface area contributed by atoms with Crippen molar-refractivity contribution in [1.29, 1.82) is 0 Å². The number of nitrogens with zero attached hydrogens (tertiary/aromatic N) is 1.